The van der Waals surface area contributed by atoms with E-state index in [1.807, 2.05) is 42.5 Å². The number of aromatic nitrogens is 3. The number of benzene rings is 2. The van der Waals surface area contributed by atoms with Crippen molar-refractivity contribution in [3.05, 3.63) is 66.7 Å². The lowest BCUT2D eigenvalue weighted by Gasteiger charge is -2.14. The van der Waals surface area contributed by atoms with E-state index >= 15 is 0 Å². The summed E-state index contributed by atoms with van der Waals surface area (Å²) in [5, 5.41) is 4.11. The van der Waals surface area contributed by atoms with Gasteiger partial charge in [-0.05, 0) is 24.3 Å². The Kier molecular flexibility index (Phi) is 4.65. The van der Waals surface area contributed by atoms with E-state index < -0.39 is 0 Å². The third-order valence-electron chi connectivity index (χ3n) is 4.69. The van der Waals surface area contributed by atoms with Gasteiger partial charge in [0.1, 0.15) is 18.8 Å². The fourth-order valence-electron chi connectivity index (χ4n) is 3.24. The number of para-hydroxylation sites is 1. The standard InChI is InChI=1S/C22H18N4O4/c1-27-19-8-15-17(9-20(19)28-11-14-4-3-7-23-10-14)24-12-25-22(15)26-16-5-2-6-18-21(16)30-13-29-18/h2-10,12H,11,13H2,1H3,(H,24,25,26). The maximum atomic E-state index is 5.96. The Morgan fingerprint density at radius 2 is 2.03 bits per heavy atom. The van der Waals surface area contributed by atoms with E-state index in [1.165, 1.54) is 6.33 Å². The minimum atomic E-state index is 0.198. The van der Waals surface area contributed by atoms with Crippen molar-refractivity contribution in [1.82, 2.24) is 15.0 Å². The molecule has 8 heteroatoms. The lowest BCUT2D eigenvalue weighted by atomic mass is 10.2. The van der Waals surface area contributed by atoms with Gasteiger partial charge in [0, 0.05) is 29.4 Å². The van der Waals surface area contributed by atoms with Gasteiger partial charge in [0.15, 0.2) is 23.0 Å². The van der Waals surface area contributed by atoms with E-state index in [9.17, 15) is 0 Å². The number of pyridine rings is 1. The molecule has 0 unspecified atom stereocenters. The van der Waals surface area contributed by atoms with Gasteiger partial charge in [-0.25, -0.2) is 9.97 Å². The van der Waals surface area contributed by atoms with Crippen LogP contribution in [-0.2, 0) is 6.61 Å². The topological polar surface area (TPSA) is 87.6 Å². The van der Waals surface area contributed by atoms with Gasteiger partial charge in [-0.2, -0.15) is 0 Å². The molecule has 150 valence electrons. The highest BCUT2D eigenvalue weighted by Crippen LogP contribution is 2.41. The first kappa shape index (κ1) is 18.0. The van der Waals surface area contributed by atoms with Gasteiger partial charge in [-0.15, -0.1) is 0 Å². The molecule has 0 aliphatic carbocycles. The molecule has 0 fully saturated rings. The molecule has 1 aliphatic rings. The second-order valence-electron chi connectivity index (χ2n) is 6.56. The van der Waals surface area contributed by atoms with Crippen molar-refractivity contribution in [2.75, 3.05) is 19.2 Å². The number of rotatable bonds is 6. The maximum Gasteiger partial charge on any atom is 0.231 e. The molecule has 5 rings (SSSR count). The van der Waals surface area contributed by atoms with Crippen LogP contribution in [0.3, 0.4) is 0 Å². The molecular weight excluding hydrogens is 384 g/mol. The van der Waals surface area contributed by atoms with E-state index in [2.05, 4.69) is 20.3 Å². The molecule has 3 heterocycles. The number of hydrogen-bond acceptors (Lipinski definition) is 8. The first-order chi connectivity index (χ1) is 14.8. The molecule has 0 bridgehead atoms. The van der Waals surface area contributed by atoms with Gasteiger partial charge in [0.2, 0.25) is 6.79 Å². The van der Waals surface area contributed by atoms with Crippen molar-refractivity contribution in [3.8, 4) is 23.0 Å². The summed E-state index contributed by atoms with van der Waals surface area (Å²) in [5.41, 5.74) is 2.45. The third-order valence-corrected chi connectivity index (χ3v) is 4.69. The number of ether oxygens (including phenoxy) is 4. The lowest BCUT2D eigenvalue weighted by Crippen LogP contribution is -2.01. The zero-order valence-electron chi connectivity index (χ0n) is 16.2. The Hall–Kier alpha value is -4.07. The molecule has 0 atom stereocenters. The van der Waals surface area contributed by atoms with Gasteiger partial charge in [0.25, 0.3) is 0 Å². The number of nitrogens with one attached hydrogen (secondary N) is 1. The molecule has 2 aromatic heterocycles. The van der Waals surface area contributed by atoms with Crippen molar-refractivity contribution in [1.29, 1.82) is 0 Å². The van der Waals surface area contributed by atoms with Crippen molar-refractivity contribution in [2.45, 2.75) is 6.61 Å². The van der Waals surface area contributed by atoms with Crippen LogP contribution < -0.4 is 24.3 Å². The predicted octanol–water partition coefficient (Wildman–Crippen LogP) is 4.08. The average molecular weight is 402 g/mol. The SMILES string of the molecule is COc1cc2c(Nc3cccc4c3OCO4)ncnc2cc1OCc1cccnc1. The number of hydrogen-bond donors (Lipinski definition) is 1. The van der Waals surface area contributed by atoms with Crippen LogP contribution in [0.4, 0.5) is 11.5 Å². The highest BCUT2D eigenvalue weighted by molar-refractivity contribution is 5.93. The van der Waals surface area contributed by atoms with Crippen LogP contribution in [0.5, 0.6) is 23.0 Å². The number of anilines is 2. The minimum absolute atomic E-state index is 0.198. The molecule has 0 amide bonds. The zero-order chi connectivity index (χ0) is 20.3. The summed E-state index contributed by atoms with van der Waals surface area (Å²) in [7, 11) is 1.60. The van der Waals surface area contributed by atoms with Crippen LogP contribution in [-0.4, -0.2) is 28.9 Å². The summed E-state index contributed by atoms with van der Waals surface area (Å²) >= 11 is 0. The van der Waals surface area contributed by atoms with E-state index in [0.717, 1.165) is 22.2 Å². The molecular formula is C22H18N4O4. The van der Waals surface area contributed by atoms with E-state index in [0.29, 0.717) is 35.4 Å². The van der Waals surface area contributed by atoms with Crippen molar-refractivity contribution in [2.24, 2.45) is 0 Å². The van der Waals surface area contributed by atoms with E-state index in [-0.39, 0.29) is 6.79 Å². The molecule has 0 saturated carbocycles. The van der Waals surface area contributed by atoms with E-state index in [4.69, 9.17) is 18.9 Å². The number of methoxy groups -OCH3 is 1. The monoisotopic (exact) mass is 402 g/mol. The summed E-state index contributed by atoms with van der Waals surface area (Å²) in [4.78, 5) is 12.9. The summed E-state index contributed by atoms with van der Waals surface area (Å²) in [6.07, 6.45) is 5.00. The quantitative estimate of drug-likeness (QED) is 0.516. The predicted molar refractivity (Wildman–Crippen MR) is 111 cm³/mol. The summed E-state index contributed by atoms with van der Waals surface area (Å²) in [6.45, 7) is 0.573. The van der Waals surface area contributed by atoms with Crippen molar-refractivity contribution < 1.29 is 18.9 Å². The Morgan fingerprint density at radius 1 is 1.07 bits per heavy atom. The second-order valence-corrected chi connectivity index (χ2v) is 6.56. The molecule has 2 aromatic carbocycles. The first-order valence-electron chi connectivity index (χ1n) is 9.32. The normalized spacial score (nSPS) is 12.0. The molecule has 0 spiro atoms. The number of fused-ring (bicyclic) bond motifs is 2. The van der Waals surface area contributed by atoms with Gasteiger partial charge < -0.3 is 24.3 Å². The molecule has 4 aromatic rings. The molecule has 1 aliphatic heterocycles. The van der Waals surface area contributed by atoms with Crippen molar-refractivity contribution in [3.63, 3.8) is 0 Å². The minimum Gasteiger partial charge on any atom is -0.493 e. The van der Waals surface area contributed by atoms with Crippen LogP contribution >= 0.6 is 0 Å². The maximum absolute atomic E-state index is 5.96. The fraction of sp³-hybridized carbons (Fsp3) is 0.136. The van der Waals surface area contributed by atoms with Gasteiger partial charge in [-0.1, -0.05) is 12.1 Å². The van der Waals surface area contributed by atoms with Gasteiger partial charge in [0.05, 0.1) is 18.3 Å². The molecule has 0 saturated heterocycles. The molecule has 1 N–H and O–H groups in total. The Bertz CT molecular complexity index is 1200. The molecule has 30 heavy (non-hydrogen) atoms. The Balaban J connectivity index is 1.48. The summed E-state index contributed by atoms with van der Waals surface area (Å²) in [6, 6.07) is 13.2. The first-order valence-corrected chi connectivity index (χ1v) is 9.32. The Morgan fingerprint density at radius 3 is 2.90 bits per heavy atom. The number of nitrogens with zero attached hydrogens (tertiary/aromatic N) is 3. The zero-order valence-corrected chi connectivity index (χ0v) is 16.2. The largest absolute Gasteiger partial charge is 0.493 e. The lowest BCUT2D eigenvalue weighted by molar-refractivity contribution is 0.174. The van der Waals surface area contributed by atoms with Gasteiger partial charge in [-0.3, -0.25) is 4.98 Å². The second kappa shape index (κ2) is 7.75. The summed E-state index contributed by atoms with van der Waals surface area (Å²) in [5.74, 6) is 3.16. The van der Waals surface area contributed by atoms with Crippen LogP contribution in [0, 0.1) is 0 Å². The molecule has 8 nitrogen and oxygen atoms in total. The highest BCUT2D eigenvalue weighted by Gasteiger charge is 2.19. The third kappa shape index (κ3) is 3.39. The van der Waals surface area contributed by atoms with Gasteiger partial charge >= 0.3 is 0 Å². The Labute approximate surface area is 172 Å². The van der Waals surface area contributed by atoms with E-state index in [1.54, 1.807) is 19.5 Å². The molecule has 0 radical (unpaired) electrons. The average Bonchev–Trinajstić information content (AvgIpc) is 3.28. The van der Waals surface area contributed by atoms with Crippen molar-refractivity contribution >= 4 is 22.4 Å². The summed E-state index contributed by atoms with van der Waals surface area (Å²) < 4.78 is 22.5. The van der Waals surface area contributed by atoms with Crippen LogP contribution in [0.2, 0.25) is 0 Å². The fourth-order valence-corrected chi connectivity index (χ4v) is 3.24. The van der Waals surface area contributed by atoms with Crippen LogP contribution in [0.15, 0.2) is 61.2 Å². The van der Waals surface area contributed by atoms with Crippen LogP contribution in [0.25, 0.3) is 10.9 Å². The smallest absolute Gasteiger partial charge is 0.231 e. The highest BCUT2D eigenvalue weighted by atomic mass is 16.7. The van der Waals surface area contributed by atoms with Crippen LogP contribution in [0.1, 0.15) is 5.56 Å².